The number of halogens is 1. The topological polar surface area (TPSA) is 143 Å². The minimum Gasteiger partial charge on any atom is -0.496 e. The molecule has 2 saturated heterocycles. The molecule has 0 bridgehead atoms. The number of imide groups is 1. The van der Waals surface area contributed by atoms with Gasteiger partial charge in [-0.1, -0.05) is 61.2 Å². The SMILES string of the molecule is COc1cc(N2CCC(NCCCCCCCOc3ccc4c(c3)CN(C3CCC(=O)NC3=O)C4=O)CC2)ccc1Cc1ncc(Cl)c(Cc2ccccc2P(C)(C)=O)n1. The van der Waals surface area contributed by atoms with Crippen LogP contribution in [0.2, 0.25) is 5.02 Å². The summed E-state index contributed by atoms with van der Waals surface area (Å²) in [5.74, 6) is 1.34. The van der Waals surface area contributed by atoms with Gasteiger partial charge in [-0.3, -0.25) is 19.7 Å². The van der Waals surface area contributed by atoms with Crippen LogP contribution in [-0.2, 0) is 33.5 Å². The molecule has 318 valence electrons. The molecule has 12 nitrogen and oxygen atoms in total. The fraction of sp³-hybridized carbons (Fsp3) is 0.457. The average molecular weight is 855 g/mol. The van der Waals surface area contributed by atoms with E-state index in [4.69, 9.17) is 26.1 Å². The van der Waals surface area contributed by atoms with Gasteiger partial charge in [-0.05, 0) is 87.4 Å². The number of rotatable bonds is 18. The zero-order valence-corrected chi connectivity index (χ0v) is 36.5. The molecule has 3 amide bonds. The highest BCUT2D eigenvalue weighted by atomic mass is 35.5. The zero-order chi connectivity index (χ0) is 42.2. The van der Waals surface area contributed by atoms with Crippen molar-refractivity contribution in [2.45, 2.75) is 89.3 Å². The Bertz CT molecular complexity index is 2240. The molecule has 2 fully saturated rings. The van der Waals surface area contributed by atoms with Gasteiger partial charge in [0.15, 0.2) is 0 Å². The Kier molecular flexibility index (Phi) is 14.3. The molecule has 1 unspecified atom stereocenters. The Hall–Kier alpha value is -4.77. The van der Waals surface area contributed by atoms with Crippen LogP contribution in [0.5, 0.6) is 11.5 Å². The molecule has 2 N–H and O–H groups in total. The van der Waals surface area contributed by atoms with Crippen molar-refractivity contribution in [1.82, 2.24) is 25.5 Å². The zero-order valence-electron chi connectivity index (χ0n) is 34.9. The second kappa shape index (κ2) is 19.7. The van der Waals surface area contributed by atoms with Crippen molar-refractivity contribution in [1.29, 1.82) is 0 Å². The fourth-order valence-electron chi connectivity index (χ4n) is 8.50. The molecule has 14 heteroatoms. The first-order chi connectivity index (χ1) is 29.0. The number of hydrogen-bond donors (Lipinski definition) is 2. The van der Waals surface area contributed by atoms with Crippen molar-refractivity contribution < 1.29 is 28.4 Å². The van der Waals surface area contributed by atoms with Crippen molar-refractivity contribution >= 4 is 47.5 Å². The molecule has 1 aromatic heterocycles. The van der Waals surface area contributed by atoms with Crippen LogP contribution in [0.1, 0.15) is 96.4 Å². The van der Waals surface area contributed by atoms with Gasteiger partial charge in [0.1, 0.15) is 30.5 Å². The lowest BCUT2D eigenvalue weighted by molar-refractivity contribution is -0.136. The summed E-state index contributed by atoms with van der Waals surface area (Å²) in [4.78, 5) is 50.2. The first-order valence-electron chi connectivity index (χ1n) is 21.2. The number of unbranched alkanes of at least 4 members (excludes halogenated alkanes) is 4. The van der Waals surface area contributed by atoms with Gasteiger partial charge in [0, 0.05) is 79.3 Å². The van der Waals surface area contributed by atoms with Gasteiger partial charge < -0.3 is 29.2 Å². The quantitative estimate of drug-likeness (QED) is 0.0616. The van der Waals surface area contributed by atoms with Crippen molar-refractivity contribution in [3.63, 3.8) is 0 Å². The highest BCUT2D eigenvalue weighted by Crippen LogP contribution is 2.37. The summed E-state index contributed by atoms with van der Waals surface area (Å²) in [6.07, 6.45) is 10.9. The molecular weight excluding hydrogens is 799 g/mol. The van der Waals surface area contributed by atoms with Crippen LogP contribution in [0.15, 0.2) is 66.9 Å². The monoisotopic (exact) mass is 854 g/mol. The first kappa shape index (κ1) is 43.3. The second-order valence-electron chi connectivity index (χ2n) is 16.5. The lowest BCUT2D eigenvalue weighted by Crippen LogP contribution is -2.52. The van der Waals surface area contributed by atoms with Crippen molar-refractivity contribution in [3.05, 3.63) is 106 Å². The van der Waals surface area contributed by atoms with Gasteiger partial charge in [-0.15, -0.1) is 0 Å². The van der Waals surface area contributed by atoms with E-state index < -0.39 is 19.1 Å². The maximum absolute atomic E-state index is 12.9. The Balaban J connectivity index is 0.785. The summed E-state index contributed by atoms with van der Waals surface area (Å²) < 4.78 is 24.8. The van der Waals surface area contributed by atoms with Crippen LogP contribution in [0.3, 0.4) is 0 Å². The van der Waals surface area contributed by atoms with E-state index in [1.165, 1.54) is 6.42 Å². The number of anilines is 1. The molecule has 3 aromatic carbocycles. The van der Waals surface area contributed by atoms with Crippen LogP contribution < -0.4 is 30.3 Å². The highest BCUT2D eigenvalue weighted by Gasteiger charge is 2.39. The van der Waals surface area contributed by atoms with Crippen molar-refractivity contribution in [2.24, 2.45) is 0 Å². The summed E-state index contributed by atoms with van der Waals surface area (Å²) in [5.41, 5.74) is 5.29. The number of nitrogens with zero attached hydrogens (tertiary/aromatic N) is 4. The number of carbonyl (C=O) groups excluding carboxylic acids is 3. The lowest BCUT2D eigenvalue weighted by atomic mass is 10.0. The van der Waals surface area contributed by atoms with E-state index in [9.17, 15) is 18.9 Å². The minimum atomic E-state index is -2.46. The first-order valence-corrected chi connectivity index (χ1v) is 24.1. The van der Waals surface area contributed by atoms with E-state index in [0.29, 0.717) is 60.6 Å². The molecular formula is C46H56ClN6O6P. The summed E-state index contributed by atoms with van der Waals surface area (Å²) in [5, 5.41) is 7.48. The number of nitrogens with one attached hydrogen (secondary N) is 2. The van der Waals surface area contributed by atoms with E-state index in [0.717, 1.165) is 97.3 Å². The molecule has 0 saturated carbocycles. The number of ether oxygens (including phenoxy) is 2. The molecule has 0 spiro atoms. The fourth-order valence-corrected chi connectivity index (χ4v) is 9.95. The van der Waals surface area contributed by atoms with Gasteiger partial charge in [-0.2, -0.15) is 0 Å². The van der Waals surface area contributed by atoms with Crippen LogP contribution in [0.25, 0.3) is 0 Å². The molecule has 0 aliphatic carbocycles. The maximum Gasteiger partial charge on any atom is 0.255 e. The number of methoxy groups -OCH3 is 1. The summed E-state index contributed by atoms with van der Waals surface area (Å²) in [6, 6.07) is 19.6. The van der Waals surface area contributed by atoms with E-state index in [-0.39, 0.29) is 18.2 Å². The van der Waals surface area contributed by atoms with Crippen LogP contribution >= 0.6 is 18.7 Å². The van der Waals surface area contributed by atoms with Crippen molar-refractivity contribution in [3.8, 4) is 11.5 Å². The Morgan fingerprint density at radius 2 is 1.70 bits per heavy atom. The van der Waals surface area contributed by atoms with Gasteiger partial charge in [0.05, 0.1) is 24.4 Å². The largest absolute Gasteiger partial charge is 0.496 e. The molecule has 3 aliphatic heterocycles. The Morgan fingerprint density at radius 3 is 2.48 bits per heavy atom. The van der Waals surface area contributed by atoms with Crippen LogP contribution in [-0.4, -0.2) is 91.4 Å². The third kappa shape index (κ3) is 10.7. The number of hydrogen-bond acceptors (Lipinski definition) is 10. The summed E-state index contributed by atoms with van der Waals surface area (Å²) in [6.45, 7) is 7.52. The van der Waals surface area contributed by atoms with E-state index in [1.807, 2.05) is 36.4 Å². The highest BCUT2D eigenvalue weighted by molar-refractivity contribution is 7.70. The van der Waals surface area contributed by atoms with Gasteiger partial charge in [0.25, 0.3) is 5.91 Å². The van der Waals surface area contributed by atoms with Gasteiger partial charge in [0.2, 0.25) is 11.8 Å². The number of piperidine rings is 2. The molecule has 3 aliphatic rings. The van der Waals surface area contributed by atoms with Gasteiger partial charge in [-0.25, -0.2) is 9.97 Å². The van der Waals surface area contributed by atoms with E-state index in [1.54, 1.807) is 37.6 Å². The molecule has 4 heterocycles. The smallest absolute Gasteiger partial charge is 0.255 e. The van der Waals surface area contributed by atoms with E-state index >= 15 is 0 Å². The second-order valence-corrected chi connectivity index (χ2v) is 20.1. The molecule has 60 heavy (non-hydrogen) atoms. The minimum absolute atomic E-state index is 0.172. The molecule has 7 rings (SSSR count). The lowest BCUT2D eigenvalue weighted by Gasteiger charge is -2.34. The number of aromatic nitrogens is 2. The predicted octanol–water partition coefficient (Wildman–Crippen LogP) is 6.92. The summed E-state index contributed by atoms with van der Waals surface area (Å²) in [7, 11) is -0.761. The normalized spacial score (nSPS) is 17.2. The number of benzene rings is 3. The number of fused-ring (bicyclic) bond motifs is 1. The Morgan fingerprint density at radius 1 is 0.917 bits per heavy atom. The van der Waals surface area contributed by atoms with Crippen LogP contribution in [0, 0.1) is 0 Å². The van der Waals surface area contributed by atoms with E-state index in [2.05, 4.69) is 38.7 Å². The van der Waals surface area contributed by atoms with Gasteiger partial charge >= 0.3 is 0 Å². The summed E-state index contributed by atoms with van der Waals surface area (Å²) >= 11 is 6.56. The number of carbonyl (C=O) groups is 3. The third-order valence-corrected chi connectivity index (χ3v) is 13.7. The van der Waals surface area contributed by atoms with Crippen molar-refractivity contribution in [2.75, 3.05) is 51.6 Å². The maximum atomic E-state index is 12.9. The third-order valence-electron chi connectivity index (χ3n) is 11.8. The average Bonchev–Trinajstić information content (AvgIpc) is 3.56. The molecule has 1 atom stereocenters. The standard InChI is InChI=1S/C46H56ClN6O6P/c1-58-41-28-35(14-13-31(41)27-43-49-29-38(47)39(50-43)26-32-11-7-8-12-42(32)60(2,3)57)52-22-19-34(20-23-52)48-21-9-5-4-6-10-24-59-36-15-16-37-33(25-36)30-53(46(37)56)40-17-18-44(54)51-45(40)55/h7-8,11-16,25,28-29,34,40,48H,4-6,9-10,17-24,26-27,30H2,1-3H3,(H,51,54,55). The predicted molar refractivity (Wildman–Crippen MR) is 235 cm³/mol. The Labute approximate surface area is 358 Å². The molecule has 4 aromatic rings. The van der Waals surface area contributed by atoms with Crippen LogP contribution in [0.4, 0.5) is 5.69 Å². The molecule has 0 radical (unpaired) electrons. The number of amides is 3.